The van der Waals surface area contributed by atoms with E-state index in [1.807, 2.05) is 0 Å². The van der Waals surface area contributed by atoms with Crippen LogP contribution in [0.2, 0.25) is 0 Å². The fourth-order valence-electron chi connectivity index (χ4n) is 2.85. The Balaban J connectivity index is 1.71. The van der Waals surface area contributed by atoms with Crippen molar-refractivity contribution < 1.29 is 49.6 Å². The largest absolute Gasteiger partial charge is 0.394 e. The van der Waals surface area contributed by atoms with Crippen LogP contribution in [0.1, 0.15) is 0 Å². The van der Waals surface area contributed by atoms with Crippen LogP contribution in [0.15, 0.2) is 0 Å². The lowest BCUT2D eigenvalue weighted by molar-refractivity contribution is -0.345. The highest BCUT2D eigenvalue weighted by molar-refractivity contribution is 4.95. The summed E-state index contributed by atoms with van der Waals surface area (Å²) in [5, 5.41) is 58.3. The van der Waals surface area contributed by atoms with Crippen LogP contribution < -0.4 is 0 Å². The molecule has 3 saturated heterocycles. The first kappa shape index (κ1) is 16.5. The summed E-state index contributed by atoms with van der Waals surface area (Å²) in [5.74, 6) is 0. The Morgan fingerprint density at radius 1 is 0.864 bits per heavy atom. The first-order valence-corrected chi connectivity index (χ1v) is 7.03. The SMILES string of the molecule is OC[C@H]1O[C@@H](O[C@H]2C3OC[C@@H](O3)[C@@H](O)[C@@H]2O)[C@H](O)[C@@H](O)[C@@H]1O. The minimum atomic E-state index is -1.61. The zero-order valence-electron chi connectivity index (χ0n) is 11.5. The summed E-state index contributed by atoms with van der Waals surface area (Å²) < 4.78 is 21.1. The lowest BCUT2D eigenvalue weighted by Gasteiger charge is -2.43. The third kappa shape index (κ3) is 2.65. The topological polar surface area (TPSA) is 158 Å². The van der Waals surface area contributed by atoms with Gasteiger partial charge in [0.1, 0.15) is 48.8 Å². The van der Waals surface area contributed by atoms with Crippen molar-refractivity contribution >= 4 is 0 Å². The average Bonchev–Trinajstić information content (AvgIpc) is 2.96. The van der Waals surface area contributed by atoms with Crippen molar-refractivity contribution in [3.63, 3.8) is 0 Å². The van der Waals surface area contributed by atoms with E-state index in [4.69, 9.17) is 24.1 Å². The van der Waals surface area contributed by atoms with Gasteiger partial charge in [0, 0.05) is 0 Å². The summed E-state index contributed by atoms with van der Waals surface area (Å²) in [5.41, 5.74) is 0. The molecule has 22 heavy (non-hydrogen) atoms. The van der Waals surface area contributed by atoms with Crippen molar-refractivity contribution in [1.82, 2.24) is 0 Å². The second-order valence-corrected chi connectivity index (χ2v) is 5.66. The number of rotatable bonds is 3. The normalized spacial score (nSPS) is 55.4. The number of aliphatic hydroxyl groups is 6. The molecule has 3 rings (SSSR count). The molecule has 0 aromatic heterocycles. The third-order valence-electron chi connectivity index (χ3n) is 4.21. The van der Waals surface area contributed by atoms with Gasteiger partial charge in [0.15, 0.2) is 12.6 Å². The van der Waals surface area contributed by atoms with Crippen LogP contribution in [0.25, 0.3) is 0 Å². The van der Waals surface area contributed by atoms with Crippen LogP contribution >= 0.6 is 0 Å². The molecule has 0 aromatic rings. The molecule has 0 saturated carbocycles. The van der Waals surface area contributed by atoms with Gasteiger partial charge in [-0.15, -0.1) is 0 Å². The molecule has 10 nitrogen and oxygen atoms in total. The number of hydrogen-bond donors (Lipinski definition) is 6. The monoisotopic (exact) mass is 324 g/mol. The molecule has 10 atom stereocenters. The Hall–Kier alpha value is -0.400. The minimum absolute atomic E-state index is 0.0947. The van der Waals surface area contributed by atoms with E-state index in [2.05, 4.69) is 0 Å². The maximum absolute atomic E-state index is 10.0. The number of hydrogen-bond acceptors (Lipinski definition) is 10. The Labute approximate surface area is 125 Å². The van der Waals surface area contributed by atoms with Crippen LogP contribution in [0.3, 0.4) is 0 Å². The van der Waals surface area contributed by atoms with Crippen molar-refractivity contribution in [2.75, 3.05) is 13.2 Å². The van der Waals surface area contributed by atoms with E-state index in [1.54, 1.807) is 0 Å². The minimum Gasteiger partial charge on any atom is -0.394 e. The van der Waals surface area contributed by atoms with Crippen LogP contribution in [-0.4, -0.2) is 105 Å². The van der Waals surface area contributed by atoms with Gasteiger partial charge < -0.3 is 49.6 Å². The predicted octanol–water partition coefficient (Wildman–Crippen LogP) is -4.35. The van der Waals surface area contributed by atoms with Gasteiger partial charge >= 0.3 is 0 Å². The molecular weight excluding hydrogens is 304 g/mol. The molecular formula is C12H20O10. The molecule has 10 heteroatoms. The molecule has 0 spiro atoms. The van der Waals surface area contributed by atoms with E-state index >= 15 is 0 Å². The highest BCUT2D eigenvalue weighted by Crippen LogP contribution is 2.32. The Morgan fingerprint density at radius 3 is 2.27 bits per heavy atom. The van der Waals surface area contributed by atoms with E-state index < -0.39 is 68.0 Å². The second-order valence-electron chi connectivity index (χ2n) is 5.66. The molecule has 0 aromatic carbocycles. The lowest BCUT2D eigenvalue weighted by Crippen LogP contribution is -2.62. The number of fused-ring (bicyclic) bond motifs is 2. The molecule has 3 heterocycles. The molecule has 0 radical (unpaired) electrons. The highest BCUT2D eigenvalue weighted by Gasteiger charge is 2.53. The first-order chi connectivity index (χ1) is 10.4. The Morgan fingerprint density at radius 2 is 1.59 bits per heavy atom. The molecule has 128 valence electrons. The van der Waals surface area contributed by atoms with Gasteiger partial charge in [-0.25, -0.2) is 0 Å². The summed E-state index contributed by atoms with van der Waals surface area (Å²) >= 11 is 0. The van der Waals surface area contributed by atoms with E-state index in [0.29, 0.717) is 0 Å². The number of aliphatic hydroxyl groups excluding tert-OH is 6. The zero-order valence-corrected chi connectivity index (χ0v) is 11.5. The molecule has 6 N–H and O–H groups in total. The standard InChI is InChI=1S/C12H20O10/c13-1-3-5(14)7(16)9(18)11(20-3)22-10-8(17)6(15)4-2-19-12(10)21-4/h3-18H,1-2H2/t3-,4-,5-,6-,7+,8+,9-,10-,11+,12?/m1/s1. The fourth-order valence-corrected chi connectivity index (χ4v) is 2.85. The molecule has 0 aliphatic carbocycles. The van der Waals surface area contributed by atoms with E-state index in [-0.39, 0.29) is 6.61 Å². The quantitative estimate of drug-likeness (QED) is 0.299. The van der Waals surface area contributed by atoms with Gasteiger partial charge in [0.05, 0.1) is 13.2 Å². The maximum atomic E-state index is 10.0. The van der Waals surface area contributed by atoms with Crippen LogP contribution in [0.5, 0.6) is 0 Å². The average molecular weight is 324 g/mol. The van der Waals surface area contributed by atoms with Crippen molar-refractivity contribution in [2.24, 2.45) is 0 Å². The van der Waals surface area contributed by atoms with Crippen molar-refractivity contribution in [2.45, 2.75) is 61.4 Å². The Kier molecular flexibility index (Phi) is 4.67. The summed E-state index contributed by atoms with van der Waals surface area (Å²) in [6.45, 7) is -0.503. The van der Waals surface area contributed by atoms with Crippen LogP contribution in [0, 0.1) is 0 Å². The number of ether oxygens (including phenoxy) is 4. The second kappa shape index (κ2) is 6.24. The zero-order chi connectivity index (χ0) is 16.0. The van der Waals surface area contributed by atoms with E-state index in [1.165, 1.54) is 0 Å². The summed E-state index contributed by atoms with van der Waals surface area (Å²) in [7, 11) is 0. The van der Waals surface area contributed by atoms with Crippen molar-refractivity contribution in [3.8, 4) is 0 Å². The molecule has 3 fully saturated rings. The molecule has 0 amide bonds. The third-order valence-corrected chi connectivity index (χ3v) is 4.21. The van der Waals surface area contributed by atoms with Crippen LogP contribution in [-0.2, 0) is 18.9 Å². The lowest BCUT2D eigenvalue weighted by atomic mass is 9.98. The fraction of sp³-hybridized carbons (Fsp3) is 1.00. The smallest absolute Gasteiger partial charge is 0.187 e. The molecule has 1 unspecified atom stereocenters. The van der Waals surface area contributed by atoms with Gasteiger partial charge in [0.2, 0.25) is 0 Å². The first-order valence-electron chi connectivity index (χ1n) is 7.03. The van der Waals surface area contributed by atoms with Gasteiger partial charge in [-0.05, 0) is 0 Å². The van der Waals surface area contributed by atoms with Gasteiger partial charge in [-0.1, -0.05) is 0 Å². The summed E-state index contributed by atoms with van der Waals surface area (Å²) in [6, 6.07) is 0. The van der Waals surface area contributed by atoms with E-state index in [0.717, 1.165) is 0 Å². The van der Waals surface area contributed by atoms with Crippen LogP contribution in [0.4, 0.5) is 0 Å². The predicted molar refractivity (Wildman–Crippen MR) is 65.3 cm³/mol. The van der Waals surface area contributed by atoms with Gasteiger partial charge in [-0.3, -0.25) is 0 Å². The Bertz CT molecular complexity index is 392. The van der Waals surface area contributed by atoms with Gasteiger partial charge in [0.25, 0.3) is 0 Å². The van der Waals surface area contributed by atoms with Crippen molar-refractivity contribution in [1.29, 1.82) is 0 Å². The summed E-state index contributed by atoms with van der Waals surface area (Å²) in [4.78, 5) is 0. The molecule has 3 aliphatic rings. The molecule has 3 aliphatic heterocycles. The van der Waals surface area contributed by atoms with Gasteiger partial charge in [-0.2, -0.15) is 0 Å². The highest BCUT2D eigenvalue weighted by atomic mass is 16.8. The van der Waals surface area contributed by atoms with Crippen molar-refractivity contribution in [3.05, 3.63) is 0 Å². The van der Waals surface area contributed by atoms with E-state index in [9.17, 15) is 25.5 Å². The summed E-state index contributed by atoms with van der Waals surface area (Å²) in [6.07, 6.45) is -12.6. The maximum Gasteiger partial charge on any atom is 0.187 e. The molecule has 2 bridgehead atoms.